The number of fused-ring (bicyclic) bond motifs is 1. The normalized spacial score (nSPS) is 13.9. The third-order valence-corrected chi connectivity index (χ3v) is 2.85. The average molecular weight is 256 g/mol. The number of hydrogen-bond donors (Lipinski definition) is 1. The molecule has 19 heavy (non-hydrogen) atoms. The molecular formula is C13H12N4O2. The highest BCUT2D eigenvalue weighted by atomic mass is 16.5. The SMILES string of the molecule is Nc1cnc(CN2C(=O)COc3ccccc32)cn1. The predicted octanol–water partition coefficient (Wildman–Crippen LogP) is 0.984. The zero-order valence-corrected chi connectivity index (χ0v) is 10.1. The lowest BCUT2D eigenvalue weighted by atomic mass is 10.2. The van der Waals surface area contributed by atoms with Crippen LogP contribution in [0.25, 0.3) is 0 Å². The van der Waals surface area contributed by atoms with E-state index < -0.39 is 0 Å². The summed E-state index contributed by atoms with van der Waals surface area (Å²) in [6.45, 7) is 0.395. The standard InChI is InChI=1S/C13H12N4O2/c14-12-6-15-9(5-16-12)7-17-10-3-1-2-4-11(10)19-8-13(17)18/h1-6H,7-8H2,(H2,14,16). The van der Waals surface area contributed by atoms with E-state index >= 15 is 0 Å². The fourth-order valence-electron chi connectivity index (χ4n) is 1.94. The summed E-state index contributed by atoms with van der Waals surface area (Å²) in [5, 5.41) is 0. The number of carbonyl (C=O) groups is 1. The molecule has 1 aromatic carbocycles. The van der Waals surface area contributed by atoms with Gasteiger partial charge in [-0.1, -0.05) is 12.1 Å². The van der Waals surface area contributed by atoms with Gasteiger partial charge in [0.05, 0.1) is 30.3 Å². The van der Waals surface area contributed by atoms with Crippen molar-refractivity contribution in [3.63, 3.8) is 0 Å². The predicted molar refractivity (Wildman–Crippen MR) is 69.6 cm³/mol. The van der Waals surface area contributed by atoms with Gasteiger partial charge in [0.25, 0.3) is 5.91 Å². The van der Waals surface area contributed by atoms with E-state index in [0.717, 1.165) is 5.69 Å². The number of carbonyl (C=O) groups excluding carboxylic acids is 1. The van der Waals surface area contributed by atoms with Crippen LogP contribution in [0, 0.1) is 0 Å². The van der Waals surface area contributed by atoms with Crippen molar-refractivity contribution in [2.24, 2.45) is 0 Å². The number of rotatable bonds is 2. The van der Waals surface area contributed by atoms with E-state index in [4.69, 9.17) is 10.5 Å². The highest BCUT2D eigenvalue weighted by molar-refractivity contribution is 5.97. The second-order valence-electron chi connectivity index (χ2n) is 4.17. The number of aromatic nitrogens is 2. The second kappa shape index (κ2) is 4.56. The molecule has 6 heteroatoms. The van der Waals surface area contributed by atoms with Crippen molar-refractivity contribution in [1.29, 1.82) is 0 Å². The third-order valence-electron chi connectivity index (χ3n) is 2.85. The highest BCUT2D eigenvalue weighted by Gasteiger charge is 2.25. The Bertz CT molecular complexity index is 612. The summed E-state index contributed by atoms with van der Waals surface area (Å²) in [5.41, 5.74) is 6.92. The number of nitrogens with zero attached hydrogens (tertiary/aromatic N) is 3. The summed E-state index contributed by atoms with van der Waals surface area (Å²) in [4.78, 5) is 21.7. The van der Waals surface area contributed by atoms with E-state index in [1.54, 1.807) is 11.1 Å². The summed E-state index contributed by atoms with van der Waals surface area (Å²) in [6, 6.07) is 7.42. The van der Waals surface area contributed by atoms with E-state index in [2.05, 4.69) is 9.97 Å². The molecule has 3 rings (SSSR count). The van der Waals surface area contributed by atoms with Crippen LogP contribution in [-0.4, -0.2) is 22.5 Å². The van der Waals surface area contributed by atoms with Gasteiger partial charge in [0, 0.05) is 0 Å². The molecule has 2 heterocycles. The maximum atomic E-state index is 12.0. The van der Waals surface area contributed by atoms with Crippen LogP contribution in [0.3, 0.4) is 0 Å². The number of hydrogen-bond acceptors (Lipinski definition) is 5. The smallest absolute Gasteiger partial charge is 0.265 e. The van der Waals surface area contributed by atoms with Crippen LogP contribution < -0.4 is 15.4 Å². The molecule has 6 nitrogen and oxygen atoms in total. The zero-order chi connectivity index (χ0) is 13.2. The number of nitrogens with two attached hydrogens (primary N) is 1. The number of nitrogen functional groups attached to an aromatic ring is 1. The molecule has 0 fully saturated rings. The first-order valence-corrected chi connectivity index (χ1v) is 5.82. The topological polar surface area (TPSA) is 81.3 Å². The Morgan fingerprint density at radius 1 is 1.26 bits per heavy atom. The molecule has 1 amide bonds. The fourth-order valence-corrected chi connectivity index (χ4v) is 1.94. The highest BCUT2D eigenvalue weighted by Crippen LogP contribution is 2.32. The molecular weight excluding hydrogens is 244 g/mol. The van der Waals surface area contributed by atoms with Crippen molar-refractivity contribution in [2.45, 2.75) is 6.54 Å². The van der Waals surface area contributed by atoms with E-state index in [1.165, 1.54) is 6.20 Å². The molecule has 1 aromatic heterocycles. The molecule has 96 valence electrons. The summed E-state index contributed by atoms with van der Waals surface area (Å²) in [7, 11) is 0. The Labute approximate surface area is 109 Å². The van der Waals surface area contributed by atoms with Gasteiger partial charge in [-0.25, -0.2) is 4.98 Å². The number of ether oxygens (including phenoxy) is 1. The van der Waals surface area contributed by atoms with Gasteiger partial charge in [0.2, 0.25) is 0 Å². The van der Waals surface area contributed by atoms with Crippen LogP contribution in [0.4, 0.5) is 11.5 Å². The van der Waals surface area contributed by atoms with Crippen LogP contribution in [0.5, 0.6) is 5.75 Å². The van der Waals surface area contributed by atoms with Crippen LogP contribution in [0.1, 0.15) is 5.69 Å². The Morgan fingerprint density at radius 3 is 2.89 bits per heavy atom. The number of anilines is 2. The van der Waals surface area contributed by atoms with Gasteiger partial charge in [0.15, 0.2) is 6.61 Å². The van der Waals surface area contributed by atoms with Crippen molar-refractivity contribution in [3.8, 4) is 5.75 Å². The van der Waals surface area contributed by atoms with Gasteiger partial charge in [-0.15, -0.1) is 0 Å². The third kappa shape index (κ3) is 2.20. The molecule has 0 unspecified atom stereocenters. The van der Waals surface area contributed by atoms with Crippen LogP contribution in [0.15, 0.2) is 36.7 Å². The lowest BCUT2D eigenvalue weighted by Crippen LogP contribution is -2.38. The minimum absolute atomic E-state index is 0.0411. The summed E-state index contributed by atoms with van der Waals surface area (Å²) < 4.78 is 5.38. The molecule has 0 saturated heterocycles. The van der Waals surface area contributed by atoms with Gasteiger partial charge in [-0.2, -0.15) is 0 Å². The Morgan fingerprint density at radius 2 is 2.11 bits per heavy atom. The largest absolute Gasteiger partial charge is 0.482 e. The van der Waals surface area contributed by atoms with Gasteiger partial charge in [0.1, 0.15) is 11.6 Å². The molecule has 1 aliphatic rings. The minimum atomic E-state index is -0.0997. The summed E-state index contributed by atoms with van der Waals surface area (Å²) in [6.07, 6.45) is 3.05. The molecule has 0 aliphatic carbocycles. The van der Waals surface area contributed by atoms with Crippen LogP contribution >= 0.6 is 0 Å². The molecule has 0 spiro atoms. The quantitative estimate of drug-likeness (QED) is 0.866. The van der Waals surface area contributed by atoms with Crippen molar-refractivity contribution in [2.75, 3.05) is 17.2 Å². The monoisotopic (exact) mass is 256 g/mol. The summed E-state index contributed by atoms with van der Waals surface area (Å²) >= 11 is 0. The lowest BCUT2D eigenvalue weighted by Gasteiger charge is -2.28. The van der Waals surface area contributed by atoms with Crippen molar-refractivity contribution in [1.82, 2.24) is 9.97 Å². The van der Waals surface area contributed by atoms with Crippen LogP contribution in [0.2, 0.25) is 0 Å². The summed E-state index contributed by atoms with van der Waals surface area (Å²) in [5.74, 6) is 0.959. The molecule has 1 aliphatic heterocycles. The maximum absolute atomic E-state index is 12.0. The minimum Gasteiger partial charge on any atom is -0.482 e. The van der Waals surface area contributed by atoms with Crippen molar-refractivity contribution in [3.05, 3.63) is 42.4 Å². The molecule has 0 atom stereocenters. The molecule has 2 N–H and O–H groups in total. The van der Waals surface area contributed by atoms with Gasteiger partial charge in [-0.05, 0) is 12.1 Å². The van der Waals surface area contributed by atoms with Gasteiger partial charge >= 0.3 is 0 Å². The molecule has 2 aromatic rings. The molecule has 0 bridgehead atoms. The van der Waals surface area contributed by atoms with Crippen molar-refractivity contribution < 1.29 is 9.53 Å². The van der Waals surface area contributed by atoms with E-state index in [0.29, 0.717) is 23.8 Å². The fraction of sp³-hybridized carbons (Fsp3) is 0.154. The number of amides is 1. The molecule has 0 saturated carbocycles. The van der Waals surface area contributed by atoms with Gasteiger partial charge < -0.3 is 10.5 Å². The second-order valence-corrected chi connectivity index (χ2v) is 4.17. The van der Waals surface area contributed by atoms with Gasteiger partial charge in [-0.3, -0.25) is 14.7 Å². The Kier molecular flexibility index (Phi) is 2.75. The lowest BCUT2D eigenvalue weighted by molar-refractivity contribution is -0.121. The number of benzene rings is 1. The zero-order valence-electron chi connectivity index (χ0n) is 10.1. The molecule has 0 radical (unpaired) electrons. The Balaban J connectivity index is 1.91. The van der Waals surface area contributed by atoms with E-state index in [9.17, 15) is 4.79 Å². The Hall–Kier alpha value is -2.63. The van der Waals surface area contributed by atoms with E-state index in [1.807, 2.05) is 24.3 Å². The first kappa shape index (κ1) is 11.5. The van der Waals surface area contributed by atoms with Crippen LogP contribution in [-0.2, 0) is 11.3 Å². The average Bonchev–Trinajstić information content (AvgIpc) is 2.44. The number of para-hydroxylation sites is 2. The maximum Gasteiger partial charge on any atom is 0.265 e. The first-order valence-electron chi connectivity index (χ1n) is 5.82. The first-order chi connectivity index (χ1) is 9.24. The van der Waals surface area contributed by atoms with E-state index in [-0.39, 0.29) is 12.5 Å². The van der Waals surface area contributed by atoms with Crippen molar-refractivity contribution >= 4 is 17.4 Å².